The van der Waals surface area contributed by atoms with Crippen LogP contribution >= 0.6 is 0 Å². The van der Waals surface area contributed by atoms with E-state index in [0.717, 1.165) is 16.6 Å². The van der Waals surface area contributed by atoms with Gasteiger partial charge in [0.1, 0.15) is 12.4 Å². The number of carbonyl (C=O) groups excluding carboxylic acids is 1. The van der Waals surface area contributed by atoms with Crippen molar-refractivity contribution >= 4 is 16.9 Å². The number of hydrogen-bond acceptors (Lipinski definition) is 3. The number of amides is 1. The molecule has 2 N–H and O–H groups in total. The molecule has 6 nitrogen and oxygen atoms in total. The Hall–Kier alpha value is -3.67. The number of aromatic amines is 1. The van der Waals surface area contributed by atoms with Crippen LogP contribution in [0.5, 0.6) is 0 Å². The molecule has 0 aliphatic heterocycles. The van der Waals surface area contributed by atoms with Crippen molar-refractivity contribution in [2.75, 3.05) is 0 Å². The van der Waals surface area contributed by atoms with Gasteiger partial charge in [0.2, 0.25) is 5.91 Å². The van der Waals surface area contributed by atoms with Crippen LogP contribution in [0.3, 0.4) is 0 Å². The van der Waals surface area contributed by atoms with Crippen molar-refractivity contribution in [3.05, 3.63) is 101 Å². The zero-order chi connectivity index (χ0) is 19.3. The molecule has 28 heavy (non-hydrogen) atoms. The molecule has 0 bridgehead atoms. The summed E-state index contributed by atoms with van der Waals surface area (Å²) in [5.74, 6) is 0.452. The molecule has 0 saturated carbocycles. The van der Waals surface area contributed by atoms with E-state index in [0.29, 0.717) is 12.2 Å². The smallest absolute Gasteiger partial charge is 0.250 e. The molecular weight excluding hydrogens is 352 g/mol. The van der Waals surface area contributed by atoms with Gasteiger partial charge in [-0.3, -0.25) is 9.59 Å². The third-order valence-corrected chi connectivity index (χ3v) is 4.57. The molecule has 1 atom stereocenters. The maximum absolute atomic E-state index is 12.6. The number of nitrogens with one attached hydrogen (secondary N) is 2. The molecule has 4 rings (SSSR count). The highest BCUT2D eigenvalue weighted by Crippen LogP contribution is 2.20. The first-order valence-electron chi connectivity index (χ1n) is 9.12. The summed E-state index contributed by atoms with van der Waals surface area (Å²) in [6, 6.07) is 22.2. The predicted molar refractivity (Wildman–Crippen MR) is 108 cm³/mol. The van der Waals surface area contributed by atoms with E-state index in [2.05, 4.69) is 15.3 Å². The normalized spacial score (nSPS) is 12.0. The van der Waals surface area contributed by atoms with Crippen molar-refractivity contribution < 1.29 is 4.79 Å². The second-order valence-electron chi connectivity index (χ2n) is 6.62. The van der Waals surface area contributed by atoms with Gasteiger partial charge in [-0.05, 0) is 30.2 Å². The lowest BCUT2D eigenvalue weighted by Crippen LogP contribution is -2.35. The van der Waals surface area contributed by atoms with E-state index in [4.69, 9.17) is 0 Å². The second-order valence-corrected chi connectivity index (χ2v) is 6.62. The minimum atomic E-state index is -0.332. The maximum atomic E-state index is 12.6. The van der Waals surface area contributed by atoms with Crippen molar-refractivity contribution in [3.8, 4) is 0 Å². The highest BCUT2D eigenvalue weighted by Gasteiger charge is 2.19. The van der Waals surface area contributed by atoms with Crippen molar-refractivity contribution in [1.29, 1.82) is 0 Å². The van der Waals surface area contributed by atoms with Crippen LogP contribution in [-0.2, 0) is 17.8 Å². The van der Waals surface area contributed by atoms with Crippen LogP contribution in [0.4, 0.5) is 0 Å². The number of rotatable bonds is 6. The Morgan fingerprint density at radius 2 is 1.75 bits per heavy atom. The van der Waals surface area contributed by atoms with Crippen LogP contribution in [0.25, 0.3) is 11.0 Å². The average molecular weight is 372 g/mol. The lowest BCUT2D eigenvalue weighted by atomic mass is 10.1. The van der Waals surface area contributed by atoms with Crippen LogP contribution in [0, 0.1) is 0 Å². The maximum Gasteiger partial charge on any atom is 0.250 e. The van der Waals surface area contributed by atoms with Gasteiger partial charge in [0, 0.05) is 12.3 Å². The average Bonchev–Trinajstić information content (AvgIpc) is 3.14. The second kappa shape index (κ2) is 7.92. The Morgan fingerprint density at radius 1 is 1.00 bits per heavy atom. The number of para-hydroxylation sites is 2. The Kier molecular flexibility index (Phi) is 5.01. The molecule has 0 saturated heterocycles. The Morgan fingerprint density at radius 3 is 2.54 bits per heavy atom. The Balaban J connectivity index is 1.60. The summed E-state index contributed by atoms with van der Waals surface area (Å²) < 4.78 is 1.38. The quantitative estimate of drug-likeness (QED) is 0.546. The van der Waals surface area contributed by atoms with Gasteiger partial charge in [0.15, 0.2) is 0 Å². The molecule has 4 aromatic rings. The molecule has 2 aromatic heterocycles. The Labute approximate surface area is 161 Å². The molecule has 1 unspecified atom stereocenters. The van der Waals surface area contributed by atoms with Gasteiger partial charge in [-0.25, -0.2) is 4.98 Å². The highest BCUT2D eigenvalue weighted by molar-refractivity contribution is 5.77. The fourth-order valence-electron chi connectivity index (χ4n) is 3.19. The van der Waals surface area contributed by atoms with Gasteiger partial charge >= 0.3 is 0 Å². The number of benzene rings is 2. The van der Waals surface area contributed by atoms with Gasteiger partial charge in [0.05, 0.1) is 17.1 Å². The molecular formula is C22H20N4O2. The zero-order valence-electron chi connectivity index (χ0n) is 15.2. The predicted octanol–water partition coefficient (Wildman–Crippen LogP) is 2.82. The van der Waals surface area contributed by atoms with E-state index in [1.165, 1.54) is 10.6 Å². The van der Waals surface area contributed by atoms with Crippen molar-refractivity contribution in [1.82, 2.24) is 19.9 Å². The number of H-pyrrole nitrogens is 1. The van der Waals surface area contributed by atoms with Crippen LogP contribution in [0.15, 0.2) is 83.8 Å². The van der Waals surface area contributed by atoms with Gasteiger partial charge in [-0.2, -0.15) is 0 Å². The molecule has 0 spiro atoms. The van der Waals surface area contributed by atoms with Crippen LogP contribution in [0.1, 0.15) is 17.4 Å². The standard InChI is InChI=1S/C22H20N4O2/c27-20(15-26-13-7-6-12-21(26)28)23-19(14-16-8-2-1-3-9-16)22-24-17-10-4-5-11-18(17)25-22/h1-13,19H,14-15H2,(H,23,27)(H,24,25). The molecule has 1 amide bonds. The number of nitrogens with zero attached hydrogens (tertiary/aromatic N) is 2. The van der Waals surface area contributed by atoms with E-state index in [1.807, 2.05) is 54.6 Å². The van der Waals surface area contributed by atoms with Gasteiger partial charge in [-0.1, -0.05) is 48.5 Å². The summed E-state index contributed by atoms with van der Waals surface area (Å²) in [5, 5.41) is 3.03. The molecule has 0 aliphatic carbocycles. The number of fused-ring (bicyclic) bond motifs is 1. The SMILES string of the molecule is O=C(Cn1ccccc1=O)NC(Cc1ccccc1)c1nc2ccccc2[nH]1. The summed E-state index contributed by atoms with van der Waals surface area (Å²) in [7, 11) is 0. The van der Waals surface area contributed by atoms with E-state index in [1.54, 1.807) is 18.3 Å². The minimum Gasteiger partial charge on any atom is -0.344 e. The number of imidazole rings is 1. The van der Waals surface area contributed by atoms with E-state index >= 15 is 0 Å². The summed E-state index contributed by atoms with van der Waals surface area (Å²) in [5.41, 5.74) is 2.65. The summed E-state index contributed by atoms with van der Waals surface area (Å²) in [6.45, 7) is -0.0365. The lowest BCUT2D eigenvalue weighted by molar-refractivity contribution is -0.122. The van der Waals surface area contributed by atoms with Gasteiger partial charge in [-0.15, -0.1) is 0 Å². The molecule has 0 radical (unpaired) electrons. The molecule has 0 fully saturated rings. The van der Waals surface area contributed by atoms with Gasteiger partial charge in [0.25, 0.3) is 5.56 Å². The first-order valence-corrected chi connectivity index (χ1v) is 9.12. The molecule has 2 heterocycles. The van der Waals surface area contributed by atoms with Gasteiger partial charge < -0.3 is 14.9 Å². The van der Waals surface area contributed by atoms with Crippen molar-refractivity contribution in [3.63, 3.8) is 0 Å². The third-order valence-electron chi connectivity index (χ3n) is 4.57. The van der Waals surface area contributed by atoms with Crippen LogP contribution in [-0.4, -0.2) is 20.4 Å². The summed E-state index contributed by atoms with van der Waals surface area (Å²) in [4.78, 5) is 32.5. The Bertz CT molecular complexity index is 1110. The molecule has 6 heteroatoms. The van der Waals surface area contributed by atoms with Crippen molar-refractivity contribution in [2.45, 2.75) is 19.0 Å². The highest BCUT2D eigenvalue weighted by atomic mass is 16.2. The number of carbonyl (C=O) groups is 1. The van der Waals surface area contributed by atoms with E-state index < -0.39 is 0 Å². The summed E-state index contributed by atoms with van der Waals surface area (Å²) >= 11 is 0. The first-order chi connectivity index (χ1) is 13.7. The topological polar surface area (TPSA) is 79.8 Å². The number of aromatic nitrogens is 3. The summed E-state index contributed by atoms with van der Waals surface area (Å²) in [6.07, 6.45) is 2.20. The number of pyridine rings is 1. The molecule has 140 valence electrons. The first kappa shape index (κ1) is 17.7. The van der Waals surface area contributed by atoms with Crippen LogP contribution in [0.2, 0.25) is 0 Å². The minimum absolute atomic E-state index is 0.0365. The van der Waals surface area contributed by atoms with Crippen LogP contribution < -0.4 is 10.9 Å². The molecule has 0 aliphatic rings. The number of hydrogen-bond donors (Lipinski definition) is 2. The monoisotopic (exact) mass is 372 g/mol. The van der Waals surface area contributed by atoms with Crippen molar-refractivity contribution in [2.24, 2.45) is 0 Å². The zero-order valence-corrected chi connectivity index (χ0v) is 15.2. The largest absolute Gasteiger partial charge is 0.344 e. The van der Waals surface area contributed by atoms with E-state index in [-0.39, 0.29) is 24.1 Å². The fraction of sp³-hybridized carbons (Fsp3) is 0.136. The third kappa shape index (κ3) is 4.01. The van der Waals surface area contributed by atoms with E-state index in [9.17, 15) is 9.59 Å². The fourth-order valence-corrected chi connectivity index (χ4v) is 3.19. The molecule has 2 aromatic carbocycles. The lowest BCUT2D eigenvalue weighted by Gasteiger charge is -2.17.